The van der Waals surface area contributed by atoms with Gasteiger partial charge in [-0.15, -0.1) is 11.8 Å². The number of anilines is 2. The van der Waals surface area contributed by atoms with Crippen LogP contribution in [0.4, 0.5) is 11.4 Å². The van der Waals surface area contributed by atoms with Gasteiger partial charge < -0.3 is 10.6 Å². The van der Waals surface area contributed by atoms with Crippen molar-refractivity contribution in [3.63, 3.8) is 0 Å². The second-order valence-corrected chi connectivity index (χ2v) is 9.18. The van der Waals surface area contributed by atoms with Crippen molar-refractivity contribution in [1.29, 1.82) is 0 Å². The van der Waals surface area contributed by atoms with Gasteiger partial charge in [-0.25, -0.2) is 0 Å². The standard InChI is InChI=1S/C27H30N2O2S/c1-4-8-25(30)28-22-15-17-24(18-16-22)32-26(21-9-6-5-7-10-21)27(31)29-23-13-11-20(12-14-23)19(2)3/h5-7,9-19,26H,4,8H2,1-3H3,(H,28,30)(H,29,31). The smallest absolute Gasteiger partial charge is 0.242 e. The van der Waals surface area contributed by atoms with E-state index in [2.05, 4.69) is 36.6 Å². The molecule has 0 fully saturated rings. The molecule has 0 saturated carbocycles. The Balaban J connectivity index is 1.74. The van der Waals surface area contributed by atoms with Crippen LogP contribution in [0.3, 0.4) is 0 Å². The Labute approximate surface area is 194 Å². The fourth-order valence-electron chi connectivity index (χ4n) is 3.26. The minimum absolute atomic E-state index is 0.0120. The second kappa shape index (κ2) is 11.5. The topological polar surface area (TPSA) is 58.2 Å². The Kier molecular flexibility index (Phi) is 8.51. The summed E-state index contributed by atoms with van der Waals surface area (Å²) >= 11 is 1.49. The Hall–Kier alpha value is -3.05. The summed E-state index contributed by atoms with van der Waals surface area (Å²) < 4.78 is 0. The molecule has 4 nitrogen and oxygen atoms in total. The summed E-state index contributed by atoms with van der Waals surface area (Å²) in [5.41, 5.74) is 3.73. The summed E-state index contributed by atoms with van der Waals surface area (Å²) in [5.74, 6) is 0.388. The summed E-state index contributed by atoms with van der Waals surface area (Å²) in [6.07, 6.45) is 1.32. The number of hydrogen-bond donors (Lipinski definition) is 2. The first-order valence-corrected chi connectivity index (χ1v) is 11.9. The molecule has 0 radical (unpaired) electrons. The SMILES string of the molecule is CCCC(=O)Nc1ccc(SC(C(=O)Nc2ccc(C(C)C)cc2)c2ccccc2)cc1. The fourth-order valence-corrected chi connectivity index (χ4v) is 4.29. The van der Waals surface area contributed by atoms with Crippen LogP contribution in [0.5, 0.6) is 0 Å². The zero-order valence-electron chi connectivity index (χ0n) is 18.8. The molecule has 0 aliphatic rings. The van der Waals surface area contributed by atoms with Gasteiger partial charge in [0, 0.05) is 22.7 Å². The van der Waals surface area contributed by atoms with E-state index in [1.807, 2.05) is 73.7 Å². The molecule has 1 unspecified atom stereocenters. The number of carbonyl (C=O) groups is 2. The average Bonchev–Trinajstić information content (AvgIpc) is 2.79. The van der Waals surface area contributed by atoms with Crippen molar-refractivity contribution in [1.82, 2.24) is 0 Å². The molecular weight excluding hydrogens is 416 g/mol. The molecule has 0 aliphatic heterocycles. The maximum Gasteiger partial charge on any atom is 0.242 e. The molecule has 0 heterocycles. The summed E-state index contributed by atoms with van der Waals surface area (Å²) in [4.78, 5) is 26.0. The van der Waals surface area contributed by atoms with Gasteiger partial charge in [-0.05, 0) is 59.9 Å². The van der Waals surface area contributed by atoms with Crippen molar-refractivity contribution in [2.45, 2.75) is 49.7 Å². The number of thioether (sulfide) groups is 1. The zero-order valence-corrected chi connectivity index (χ0v) is 19.6. The third kappa shape index (κ3) is 6.72. The van der Waals surface area contributed by atoms with Crippen LogP contribution in [-0.2, 0) is 9.59 Å². The van der Waals surface area contributed by atoms with Crippen LogP contribution in [0.25, 0.3) is 0 Å². The monoisotopic (exact) mass is 446 g/mol. The number of carbonyl (C=O) groups excluding carboxylic acids is 2. The van der Waals surface area contributed by atoms with Crippen LogP contribution in [0, 0.1) is 0 Å². The molecule has 3 aromatic carbocycles. The normalized spacial score (nSPS) is 11.8. The number of hydrogen-bond acceptors (Lipinski definition) is 3. The lowest BCUT2D eigenvalue weighted by atomic mass is 10.0. The summed E-state index contributed by atoms with van der Waals surface area (Å²) in [6.45, 7) is 6.28. The maximum absolute atomic E-state index is 13.2. The van der Waals surface area contributed by atoms with Crippen LogP contribution in [0.2, 0.25) is 0 Å². The van der Waals surface area contributed by atoms with Crippen LogP contribution >= 0.6 is 11.8 Å². The highest BCUT2D eigenvalue weighted by Crippen LogP contribution is 2.36. The summed E-state index contributed by atoms with van der Waals surface area (Å²) in [5, 5.41) is 5.56. The van der Waals surface area contributed by atoms with Gasteiger partial charge in [0.2, 0.25) is 11.8 Å². The van der Waals surface area contributed by atoms with E-state index in [9.17, 15) is 9.59 Å². The van der Waals surface area contributed by atoms with E-state index in [1.54, 1.807) is 0 Å². The van der Waals surface area contributed by atoms with Gasteiger partial charge in [0.1, 0.15) is 5.25 Å². The van der Waals surface area contributed by atoms with Gasteiger partial charge in [-0.3, -0.25) is 9.59 Å². The van der Waals surface area contributed by atoms with Crippen molar-refractivity contribution in [2.24, 2.45) is 0 Å². The second-order valence-electron chi connectivity index (χ2n) is 8.00. The Morgan fingerprint density at radius 1 is 0.781 bits per heavy atom. The Bertz CT molecular complexity index is 1020. The van der Waals surface area contributed by atoms with Crippen molar-refractivity contribution >= 4 is 35.0 Å². The quantitative estimate of drug-likeness (QED) is 0.347. The lowest BCUT2D eigenvalue weighted by molar-refractivity contribution is -0.116. The minimum Gasteiger partial charge on any atom is -0.326 e. The molecule has 0 aliphatic carbocycles. The highest BCUT2D eigenvalue weighted by Gasteiger charge is 2.22. The number of nitrogens with one attached hydrogen (secondary N) is 2. The van der Waals surface area contributed by atoms with Crippen LogP contribution in [0.1, 0.15) is 55.9 Å². The predicted molar refractivity (Wildman–Crippen MR) is 134 cm³/mol. The van der Waals surface area contributed by atoms with E-state index in [0.29, 0.717) is 12.3 Å². The van der Waals surface area contributed by atoms with E-state index < -0.39 is 5.25 Å². The largest absolute Gasteiger partial charge is 0.326 e. The van der Waals surface area contributed by atoms with Crippen molar-refractivity contribution in [3.8, 4) is 0 Å². The average molecular weight is 447 g/mol. The van der Waals surface area contributed by atoms with Gasteiger partial charge in [-0.2, -0.15) is 0 Å². The lowest BCUT2D eigenvalue weighted by Gasteiger charge is -2.18. The summed E-state index contributed by atoms with van der Waals surface area (Å²) in [6, 6.07) is 25.4. The first kappa shape index (κ1) is 23.6. The van der Waals surface area contributed by atoms with Crippen molar-refractivity contribution in [3.05, 3.63) is 90.0 Å². The predicted octanol–water partition coefficient (Wildman–Crippen LogP) is 7.02. The third-order valence-electron chi connectivity index (χ3n) is 5.05. The molecular formula is C27H30N2O2S. The van der Waals surface area contributed by atoms with Gasteiger partial charge in [-0.1, -0.05) is 63.2 Å². The minimum atomic E-state index is -0.401. The molecule has 3 aromatic rings. The van der Waals surface area contributed by atoms with E-state index in [-0.39, 0.29) is 11.8 Å². The van der Waals surface area contributed by atoms with E-state index >= 15 is 0 Å². The van der Waals surface area contributed by atoms with Gasteiger partial charge in [0.05, 0.1) is 0 Å². The van der Waals surface area contributed by atoms with E-state index in [0.717, 1.165) is 28.3 Å². The first-order valence-electron chi connectivity index (χ1n) is 11.0. The highest BCUT2D eigenvalue weighted by molar-refractivity contribution is 8.00. The molecule has 0 aromatic heterocycles. The molecule has 0 bridgehead atoms. The van der Waals surface area contributed by atoms with Crippen molar-refractivity contribution in [2.75, 3.05) is 10.6 Å². The van der Waals surface area contributed by atoms with Gasteiger partial charge >= 0.3 is 0 Å². The molecule has 1 atom stereocenters. The third-order valence-corrected chi connectivity index (χ3v) is 6.32. The molecule has 3 rings (SSSR count). The zero-order chi connectivity index (χ0) is 22.9. The molecule has 2 amide bonds. The first-order chi connectivity index (χ1) is 15.5. The van der Waals surface area contributed by atoms with Crippen molar-refractivity contribution < 1.29 is 9.59 Å². The number of amides is 2. The Morgan fingerprint density at radius 2 is 1.38 bits per heavy atom. The van der Waals surface area contributed by atoms with Crippen LogP contribution in [0.15, 0.2) is 83.8 Å². The van der Waals surface area contributed by atoms with E-state index in [1.165, 1.54) is 17.3 Å². The molecule has 5 heteroatoms. The van der Waals surface area contributed by atoms with E-state index in [4.69, 9.17) is 0 Å². The van der Waals surface area contributed by atoms with Gasteiger partial charge in [0.15, 0.2) is 0 Å². The molecule has 32 heavy (non-hydrogen) atoms. The molecule has 166 valence electrons. The van der Waals surface area contributed by atoms with Crippen LogP contribution in [-0.4, -0.2) is 11.8 Å². The number of rotatable bonds is 9. The summed E-state index contributed by atoms with van der Waals surface area (Å²) in [7, 11) is 0. The Morgan fingerprint density at radius 3 is 1.97 bits per heavy atom. The maximum atomic E-state index is 13.2. The van der Waals surface area contributed by atoms with Crippen LogP contribution < -0.4 is 10.6 Å². The molecule has 0 saturated heterocycles. The lowest BCUT2D eigenvalue weighted by Crippen LogP contribution is -2.19. The highest BCUT2D eigenvalue weighted by atomic mass is 32.2. The molecule has 0 spiro atoms. The molecule has 2 N–H and O–H groups in total. The fraction of sp³-hybridized carbons (Fsp3) is 0.259. The van der Waals surface area contributed by atoms with Gasteiger partial charge in [0.25, 0.3) is 0 Å². The number of benzene rings is 3.